The molecule has 3 unspecified atom stereocenters. The Morgan fingerprint density at radius 2 is 1.86 bits per heavy atom. The molecule has 230 valence electrons. The van der Waals surface area contributed by atoms with Crippen molar-refractivity contribution in [3.05, 3.63) is 49.6 Å². The van der Waals surface area contributed by atoms with Crippen LogP contribution in [0.15, 0.2) is 49.6 Å². The van der Waals surface area contributed by atoms with Crippen molar-refractivity contribution in [3.63, 3.8) is 0 Å². The highest BCUT2D eigenvalue weighted by Gasteiger charge is 2.76. The van der Waals surface area contributed by atoms with Crippen LogP contribution in [0.2, 0.25) is 0 Å². The van der Waals surface area contributed by atoms with E-state index in [2.05, 4.69) is 47.8 Å². The van der Waals surface area contributed by atoms with Crippen LogP contribution in [-0.2, 0) is 19.1 Å². The highest BCUT2D eigenvalue weighted by Crippen LogP contribution is 2.68. The van der Waals surface area contributed by atoms with Gasteiger partial charge in [0, 0.05) is 41.1 Å². The van der Waals surface area contributed by atoms with Crippen molar-refractivity contribution < 1.29 is 24.2 Å². The number of fused-ring (bicyclic) bond motifs is 1. The van der Waals surface area contributed by atoms with E-state index in [1.54, 1.807) is 33.7 Å². The predicted molar refractivity (Wildman–Crippen MR) is 173 cm³/mol. The number of esters is 1. The minimum Gasteiger partial charge on any atom is -0.465 e. The Labute approximate surface area is 262 Å². The lowest BCUT2D eigenvalue weighted by Crippen LogP contribution is -2.58. The predicted octanol–water partition coefficient (Wildman–Crippen LogP) is 4.80. The van der Waals surface area contributed by atoms with Gasteiger partial charge in [0.2, 0.25) is 5.91 Å². The van der Waals surface area contributed by atoms with Gasteiger partial charge in [-0.2, -0.15) is 0 Å². The van der Waals surface area contributed by atoms with Gasteiger partial charge in [0.15, 0.2) is 0 Å². The number of allylic oxidation sites excluding steroid dienone is 1. The number of unbranched alkanes of at least 4 members (excludes halogenated alkanes) is 1. The van der Waals surface area contributed by atoms with Gasteiger partial charge in [-0.15, -0.1) is 24.9 Å². The third-order valence-electron chi connectivity index (χ3n) is 8.97. The average molecular weight is 663 g/mol. The van der Waals surface area contributed by atoms with E-state index in [0.29, 0.717) is 24.9 Å². The molecule has 0 saturated carbocycles. The van der Waals surface area contributed by atoms with E-state index in [4.69, 9.17) is 4.74 Å². The second-order valence-corrected chi connectivity index (χ2v) is 13.9. The van der Waals surface area contributed by atoms with Crippen LogP contribution in [0.4, 0.5) is 11.4 Å². The van der Waals surface area contributed by atoms with Gasteiger partial charge in [0.25, 0.3) is 5.91 Å². The number of halogens is 1. The van der Waals surface area contributed by atoms with Crippen LogP contribution in [0.25, 0.3) is 0 Å². The summed E-state index contributed by atoms with van der Waals surface area (Å²) in [7, 11) is 0. The molecule has 2 amide bonds. The van der Waals surface area contributed by atoms with Crippen LogP contribution in [0.3, 0.4) is 0 Å². The lowest BCUT2D eigenvalue weighted by molar-refractivity contribution is -0.154. The number of aliphatic hydroxyl groups excluding tert-OH is 1. The Bertz CT molecular complexity index is 1160. The van der Waals surface area contributed by atoms with Crippen molar-refractivity contribution in [1.29, 1.82) is 0 Å². The zero-order chi connectivity index (χ0) is 30.6. The summed E-state index contributed by atoms with van der Waals surface area (Å²) in [6, 6.07) is 6.50. The number of nitrogens with zero attached hydrogens (tertiary/aromatic N) is 3. The molecule has 10 heteroatoms. The molecule has 4 rings (SSSR count). The number of hydrogen-bond acceptors (Lipinski definition) is 7. The number of likely N-dealkylation sites (tertiary alicyclic amines) is 1. The highest BCUT2D eigenvalue weighted by molar-refractivity contribution is 9.09. The van der Waals surface area contributed by atoms with E-state index in [1.165, 1.54) is 0 Å². The summed E-state index contributed by atoms with van der Waals surface area (Å²) in [6.45, 7) is 15.7. The monoisotopic (exact) mass is 661 g/mol. The topological polar surface area (TPSA) is 90.4 Å². The first kappa shape index (κ1) is 32.6. The number of hydrogen-bond donors (Lipinski definition) is 1. The third kappa shape index (κ3) is 5.66. The quantitative estimate of drug-likeness (QED) is 0.125. The average Bonchev–Trinajstić information content (AvgIpc) is 3.59. The fraction of sp³-hybridized carbons (Fsp3) is 0.594. The van der Waals surface area contributed by atoms with E-state index < -0.39 is 28.7 Å². The second-order valence-electron chi connectivity index (χ2n) is 11.2. The first-order valence-electron chi connectivity index (χ1n) is 15.0. The third-order valence-corrected chi connectivity index (χ3v) is 12.2. The van der Waals surface area contributed by atoms with Gasteiger partial charge in [0.1, 0.15) is 6.04 Å². The number of anilines is 2. The van der Waals surface area contributed by atoms with E-state index >= 15 is 0 Å². The van der Waals surface area contributed by atoms with E-state index in [-0.39, 0.29) is 47.6 Å². The van der Waals surface area contributed by atoms with E-state index in [1.807, 2.05) is 31.2 Å². The summed E-state index contributed by atoms with van der Waals surface area (Å²) in [4.78, 5) is 48.0. The maximum absolute atomic E-state index is 14.7. The normalized spacial score (nSPS) is 28.4. The summed E-state index contributed by atoms with van der Waals surface area (Å²) in [5.74, 6) is -2.21. The van der Waals surface area contributed by atoms with Crippen LogP contribution in [0.1, 0.15) is 46.5 Å². The SMILES string of the molecule is C=CCCCOC(=O)[C@H]1[C@@H]2SC3(CC2Br)C(C(=O)N(CC=C)c2ccc(N(CC)CC)cc2)N([C@@H](CC)CO)C(=O)[C@H]13. The molecular weight excluding hydrogens is 618 g/mol. The molecule has 2 bridgehead atoms. The highest BCUT2D eigenvalue weighted by atomic mass is 79.9. The Kier molecular flexibility index (Phi) is 10.9. The number of ether oxygens (including phenoxy) is 1. The van der Waals surface area contributed by atoms with Crippen LogP contribution >= 0.6 is 27.7 Å². The first-order valence-corrected chi connectivity index (χ1v) is 16.8. The van der Waals surface area contributed by atoms with Gasteiger partial charge in [-0.1, -0.05) is 35.0 Å². The van der Waals surface area contributed by atoms with Gasteiger partial charge in [-0.25, -0.2) is 0 Å². The van der Waals surface area contributed by atoms with Crippen molar-refractivity contribution in [2.75, 3.05) is 42.6 Å². The molecule has 8 nitrogen and oxygen atoms in total. The van der Waals surface area contributed by atoms with Gasteiger partial charge in [-0.05, 0) is 63.8 Å². The lowest BCUT2D eigenvalue weighted by atomic mass is 9.71. The molecule has 3 aliphatic rings. The Hall–Kier alpha value is -2.30. The van der Waals surface area contributed by atoms with Crippen molar-refractivity contribution in [2.45, 2.75) is 73.4 Å². The number of carbonyl (C=O) groups is 3. The zero-order valence-electron chi connectivity index (χ0n) is 24.9. The smallest absolute Gasteiger partial charge is 0.310 e. The van der Waals surface area contributed by atoms with Crippen LogP contribution < -0.4 is 9.80 Å². The van der Waals surface area contributed by atoms with Crippen LogP contribution in [-0.4, -0.2) is 87.5 Å². The number of rotatable bonds is 15. The molecule has 1 spiro atoms. The summed E-state index contributed by atoms with van der Waals surface area (Å²) < 4.78 is 4.86. The standard InChI is InChI=1S/C32H44BrN3O5S/c1-6-11-12-18-41-31(40)25-26-29(38)36(21(8-3)20-37)28(32(26)19-24(33)27(25)42-32)30(39)35(17-7-2)23-15-13-22(14-16-23)34(9-4)10-5/h6-7,13-16,21,24-28,37H,1-2,8-12,17-20H2,3-5H3/t21-,24?,25+,26-,27+,28?,32?/m0/s1. The number of benzene rings is 1. The van der Waals surface area contributed by atoms with Gasteiger partial charge in [0.05, 0.1) is 35.8 Å². The first-order chi connectivity index (χ1) is 20.2. The van der Waals surface area contributed by atoms with Crippen LogP contribution in [0.5, 0.6) is 0 Å². The van der Waals surface area contributed by atoms with E-state index in [9.17, 15) is 19.5 Å². The molecule has 3 saturated heterocycles. The molecule has 1 aromatic carbocycles. The zero-order valence-corrected chi connectivity index (χ0v) is 27.3. The minimum absolute atomic E-state index is 0.0528. The summed E-state index contributed by atoms with van der Waals surface area (Å²) in [5, 5.41) is 10.2. The van der Waals surface area contributed by atoms with Crippen molar-refractivity contribution in [1.82, 2.24) is 4.90 Å². The van der Waals surface area contributed by atoms with Gasteiger partial charge in [-0.3, -0.25) is 14.4 Å². The molecular formula is C32H44BrN3O5S. The Morgan fingerprint density at radius 3 is 2.43 bits per heavy atom. The fourth-order valence-electron chi connectivity index (χ4n) is 6.95. The number of amides is 2. The number of thioether (sulfide) groups is 1. The minimum atomic E-state index is -0.844. The molecule has 1 N–H and O–H groups in total. The molecule has 42 heavy (non-hydrogen) atoms. The van der Waals surface area contributed by atoms with Crippen LogP contribution in [0, 0.1) is 11.8 Å². The Morgan fingerprint density at radius 1 is 1.19 bits per heavy atom. The molecule has 3 aliphatic heterocycles. The van der Waals surface area contributed by atoms with Crippen molar-refractivity contribution in [3.8, 4) is 0 Å². The van der Waals surface area contributed by atoms with Gasteiger partial charge >= 0.3 is 5.97 Å². The molecule has 3 heterocycles. The molecule has 0 aliphatic carbocycles. The fourth-order valence-corrected chi connectivity index (χ4v) is 10.5. The molecule has 0 aromatic heterocycles. The number of alkyl halides is 1. The van der Waals surface area contributed by atoms with Crippen molar-refractivity contribution >= 4 is 56.9 Å². The van der Waals surface area contributed by atoms with Crippen molar-refractivity contribution in [2.24, 2.45) is 11.8 Å². The largest absolute Gasteiger partial charge is 0.465 e. The molecule has 1 aromatic rings. The Balaban J connectivity index is 1.74. The molecule has 3 fully saturated rings. The summed E-state index contributed by atoms with van der Waals surface area (Å²) in [6.07, 6.45) is 5.92. The number of aliphatic hydroxyl groups is 1. The second kappa shape index (κ2) is 14.0. The maximum atomic E-state index is 14.7. The van der Waals surface area contributed by atoms with Gasteiger partial charge < -0.3 is 24.5 Å². The summed E-state index contributed by atoms with van der Waals surface area (Å²) in [5.41, 5.74) is 1.78. The lowest BCUT2D eigenvalue weighted by Gasteiger charge is -2.39. The maximum Gasteiger partial charge on any atom is 0.310 e. The molecule has 7 atom stereocenters. The number of carbonyl (C=O) groups excluding carboxylic acids is 3. The van der Waals surface area contributed by atoms with E-state index in [0.717, 1.165) is 25.2 Å². The summed E-state index contributed by atoms with van der Waals surface area (Å²) >= 11 is 5.37. The molecule has 0 radical (unpaired) electrons.